The number of nitrogens with one attached hydrogen (secondary N) is 1. The summed E-state index contributed by atoms with van der Waals surface area (Å²) in [5, 5.41) is 0.806. The number of morpholine rings is 1. The van der Waals surface area contributed by atoms with Crippen molar-refractivity contribution in [1.82, 2.24) is 14.2 Å². The summed E-state index contributed by atoms with van der Waals surface area (Å²) >= 11 is 11.9. The van der Waals surface area contributed by atoms with Crippen molar-refractivity contribution in [2.24, 2.45) is 7.05 Å². The maximum Gasteiger partial charge on any atom is 0.292 e. The van der Waals surface area contributed by atoms with E-state index in [4.69, 9.17) is 27.9 Å². The van der Waals surface area contributed by atoms with Crippen LogP contribution in [0.1, 0.15) is 5.56 Å². The molecule has 1 fully saturated rings. The number of aryl methyl sites for hydroxylation is 1. The first kappa shape index (κ1) is 22.6. The fourth-order valence-electron chi connectivity index (χ4n) is 3.35. The molecule has 1 aliphatic rings. The number of sulfonamides is 1. The molecule has 3 aromatic rings. The van der Waals surface area contributed by atoms with Crippen molar-refractivity contribution in [3.63, 3.8) is 0 Å². The second kappa shape index (κ2) is 8.74. The fourth-order valence-corrected chi connectivity index (χ4v) is 4.75. The van der Waals surface area contributed by atoms with Crippen LogP contribution < -0.4 is 15.2 Å². The number of anilines is 2. The number of halogens is 3. The van der Waals surface area contributed by atoms with E-state index < -0.39 is 15.8 Å². The highest BCUT2D eigenvalue weighted by Gasteiger charge is 2.22. The van der Waals surface area contributed by atoms with Gasteiger partial charge in [-0.25, -0.2) is 27.0 Å². The zero-order valence-electron chi connectivity index (χ0n) is 16.8. The standard InChI is InChI=1S/C19H18Cl2FN5O4S/c1-25-19(28)17(26-3-5-31-6-4-26)18-23-10-13(11-27(18)25)24-32(29,30)7-2-14-15(20)8-12(22)9-16(14)21/h2,7-11,24H,3-6H2,1H3/b7-2+. The van der Waals surface area contributed by atoms with E-state index in [-0.39, 0.29) is 26.9 Å². The molecule has 0 bridgehead atoms. The third-order valence-corrected chi connectivity index (χ3v) is 6.52. The van der Waals surface area contributed by atoms with Gasteiger partial charge in [0, 0.05) is 25.7 Å². The Bertz CT molecular complexity index is 1360. The number of aromatic nitrogens is 3. The molecule has 1 aliphatic heterocycles. The molecule has 0 atom stereocenters. The van der Waals surface area contributed by atoms with Crippen molar-refractivity contribution in [3.8, 4) is 0 Å². The quantitative estimate of drug-likeness (QED) is 0.577. The maximum atomic E-state index is 13.3. The van der Waals surface area contributed by atoms with Crippen LogP contribution >= 0.6 is 23.2 Å². The largest absolute Gasteiger partial charge is 0.378 e. The van der Waals surface area contributed by atoms with Crippen molar-refractivity contribution in [2.45, 2.75) is 0 Å². The van der Waals surface area contributed by atoms with E-state index in [2.05, 4.69) is 9.71 Å². The van der Waals surface area contributed by atoms with Gasteiger partial charge in [-0.3, -0.25) is 9.52 Å². The Hall–Kier alpha value is -2.60. The Morgan fingerprint density at radius 1 is 1.22 bits per heavy atom. The van der Waals surface area contributed by atoms with Gasteiger partial charge in [0.2, 0.25) is 0 Å². The summed E-state index contributed by atoms with van der Waals surface area (Å²) in [6, 6.07) is 2.06. The number of hydrogen-bond donors (Lipinski definition) is 1. The first-order valence-electron chi connectivity index (χ1n) is 9.42. The van der Waals surface area contributed by atoms with E-state index in [1.54, 1.807) is 7.05 Å². The summed E-state index contributed by atoms with van der Waals surface area (Å²) < 4.78 is 48.9. The third-order valence-electron chi connectivity index (χ3n) is 4.88. The molecule has 0 amide bonds. The lowest BCUT2D eigenvalue weighted by molar-refractivity contribution is 0.122. The number of hydrogen-bond acceptors (Lipinski definition) is 6. The third kappa shape index (κ3) is 4.46. The average Bonchev–Trinajstić information content (AvgIpc) is 2.97. The molecule has 0 aliphatic carbocycles. The molecule has 0 unspecified atom stereocenters. The summed E-state index contributed by atoms with van der Waals surface area (Å²) in [5.41, 5.74) is 0.891. The van der Waals surface area contributed by atoms with Crippen LogP contribution in [0.2, 0.25) is 10.0 Å². The van der Waals surface area contributed by atoms with E-state index >= 15 is 0 Å². The summed E-state index contributed by atoms with van der Waals surface area (Å²) in [5.74, 6) is -0.633. The van der Waals surface area contributed by atoms with Crippen molar-refractivity contribution >= 4 is 56.3 Å². The summed E-state index contributed by atoms with van der Waals surface area (Å²) in [4.78, 5) is 19.0. The molecule has 3 heterocycles. The molecular weight excluding hydrogens is 484 g/mol. The van der Waals surface area contributed by atoms with Gasteiger partial charge in [-0.2, -0.15) is 0 Å². The van der Waals surface area contributed by atoms with Gasteiger partial charge in [-0.05, 0) is 18.2 Å². The molecule has 9 nitrogen and oxygen atoms in total. The second-order valence-corrected chi connectivity index (χ2v) is 9.40. The topological polar surface area (TPSA) is 97.9 Å². The van der Waals surface area contributed by atoms with Crippen LogP contribution in [0, 0.1) is 5.82 Å². The van der Waals surface area contributed by atoms with E-state index in [0.717, 1.165) is 17.5 Å². The maximum absolute atomic E-state index is 13.3. The van der Waals surface area contributed by atoms with Crippen molar-refractivity contribution in [3.05, 3.63) is 61.7 Å². The first-order chi connectivity index (χ1) is 15.2. The number of benzene rings is 1. The van der Waals surface area contributed by atoms with Crippen LogP contribution in [-0.4, -0.2) is 48.9 Å². The molecule has 4 rings (SSSR count). The Morgan fingerprint density at radius 2 is 1.88 bits per heavy atom. The van der Waals surface area contributed by atoms with Gasteiger partial charge in [-0.1, -0.05) is 23.2 Å². The molecule has 2 aromatic heterocycles. The predicted octanol–water partition coefficient (Wildman–Crippen LogP) is 2.73. The lowest BCUT2D eigenvalue weighted by atomic mass is 10.2. The molecular formula is C19H18Cl2FN5O4S. The van der Waals surface area contributed by atoms with Crippen LogP contribution in [0.5, 0.6) is 0 Å². The molecule has 170 valence electrons. The van der Waals surface area contributed by atoms with Crippen LogP contribution in [0.15, 0.2) is 34.7 Å². The molecule has 0 saturated carbocycles. The zero-order valence-corrected chi connectivity index (χ0v) is 19.1. The van der Waals surface area contributed by atoms with Gasteiger partial charge < -0.3 is 9.64 Å². The Morgan fingerprint density at radius 3 is 2.53 bits per heavy atom. The zero-order chi connectivity index (χ0) is 23.0. The second-order valence-electron chi connectivity index (χ2n) is 7.02. The van der Waals surface area contributed by atoms with Crippen LogP contribution in [0.4, 0.5) is 15.8 Å². The fraction of sp³-hybridized carbons (Fsp3) is 0.263. The highest BCUT2D eigenvalue weighted by Crippen LogP contribution is 2.28. The normalized spacial score (nSPS) is 15.1. The van der Waals surface area contributed by atoms with E-state index in [1.807, 2.05) is 4.90 Å². The van der Waals surface area contributed by atoms with Gasteiger partial charge in [0.05, 0.1) is 46.7 Å². The van der Waals surface area contributed by atoms with E-state index in [0.29, 0.717) is 37.6 Å². The average molecular weight is 502 g/mol. The minimum Gasteiger partial charge on any atom is -0.378 e. The van der Waals surface area contributed by atoms with Crippen molar-refractivity contribution in [1.29, 1.82) is 0 Å². The van der Waals surface area contributed by atoms with Crippen LogP contribution in [0.3, 0.4) is 0 Å². The van der Waals surface area contributed by atoms with Gasteiger partial charge in [0.25, 0.3) is 15.6 Å². The van der Waals surface area contributed by atoms with Gasteiger partial charge in [-0.15, -0.1) is 0 Å². The van der Waals surface area contributed by atoms with E-state index in [1.165, 1.54) is 27.7 Å². The van der Waals surface area contributed by atoms with Gasteiger partial charge >= 0.3 is 0 Å². The van der Waals surface area contributed by atoms with Crippen molar-refractivity contribution < 1.29 is 17.5 Å². The molecule has 32 heavy (non-hydrogen) atoms. The molecule has 1 saturated heterocycles. The highest BCUT2D eigenvalue weighted by atomic mass is 35.5. The Labute approximate surface area is 192 Å². The Balaban J connectivity index is 1.63. The summed E-state index contributed by atoms with van der Waals surface area (Å²) in [7, 11) is -2.42. The number of rotatable bonds is 5. The SMILES string of the molecule is Cn1c(=O)c(N2CCOCC2)c2ncc(NS(=O)(=O)/C=C/c3c(Cl)cc(F)cc3Cl)cn21. The minimum atomic E-state index is -3.99. The molecule has 0 spiro atoms. The van der Waals surface area contributed by atoms with E-state index in [9.17, 15) is 17.6 Å². The predicted molar refractivity (Wildman–Crippen MR) is 121 cm³/mol. The molecule has 1 aromatic carbocycles. The van der Waals surface area contributed by atoms with Crippen molar-refractivity contribution in [2.75, 3.05) is 35.9 Å². The lowest BCUT2D eigenvalue weighted by Gasteiger charge is -2.26. The highest BCUT2D eigenvalue weighted by molar-refractivity contribution is 7.95. The lowest BCUT2D eigenvalue weighted by Crippen LogP contribution is -2.39. The van der Waals surface area contributed by atoms with Gasteiger partial charge in [0.15, 0.2) is 5.65 Å². The summed E-state index contributed by atoms with van der Waals surface area (Å²) in [6.45, 7) is 2.13. The monoisotopic (exact) mass is 501 g/mol. The molecule has 13 heteroatoms. The Kier molecular flexibility index (Phi) is 6.17. The van der Waals surface area contributed by atoms with Crippen LogP contribution in [0.25, 0.3) is 11.7 Å². The first-order valence-corrected chi connectivity index (χ1v) is 11.7. The van der Waals surface area contributed by atoms with Gasteiger partial charge in [0.1, 0.15) is 11.5 Å². The molecule has 0 radical (unpaired) electrons. The summed E-state index contributed by atoms with van der Waals surface area (Å²) in [6.07, 6.45) is 3.94. The smallest absolute Gasteiger partial charge is 0.292 e. The minimum absolute atomic E-state index is 0.0254. The number of fused-ring (bicyclic) bond motifs is 1. The van der Waals surface area contributed by atoms with Crippen LogP contribution in [-0.2, 0) is 21.8 Å². The molecule has 1 N–H and O–H groups in total. The number of nitrogens with zero attached hydrogens (tertiary/aromatic N) is 4. The number of ether oxygens (including phenoxy) is 1.